The van der Waals surface area contributed by atoms with Crippen molar-refractivity contribution in [2.45, 2.75) is 40.2 Å². The van der Waals surface area contributed by atoms with E-state index in [2.05, 4.69) is 43.3 Å². The minimum absolute atomic E-state index is 0.364. The molecule has 0 aliphatic carbocycles. The van der Waals surface area contributed by atoms with Gasteiger partial charge in [-0.25, -0.2) is 4.98 Å². The Morgan fingerprint density at radius 3 is 2.89 bits per heavy atom. The second kappa shape index (κ2) is 6.02. The Labute approximate surface area is 115 Å². The summed E-state index contributed by atoms with van der Waals surface area (Å²) in [6.07, 6.45) is 1.31. The van der Waals surface area contributed by atoms with Gasteiger partial charge in [0.15, 0.2) is 5.13 Å². The third-order valence-corrected chi connectivity index (χ3v) is 4.82. The van der Waals surface area contributed by atoms with Crippen molar-refractivity contribution in [2.75, 3.05) is 24.5 Å². The number of hydrogen-bond acceptors (Lipinski definition) is 4. The van der Waals surface area contributed by atoms with Crippen LogP contribution in [0.2, 0.25) is 0 Å². The van der Waals surface area contributed by atoms with Gasteiger partial charge in [0.05, 0.1) is 5.69 Å². The zero-order chi connectivity index (χ0) is 13.1. The molecule has 2 rings (SSSR count). The van der Waals surface area contributed by atoms with Crippen LogP contribution in [-0.4, -0.2) is 24.6 Å². The van der Waals surface area contributed by atoms with Gasteiger partial charge in [-0.05, 0) is 31.7 Å². The van der Waals surface area contributed by atoms with Crippen molar-refractivity contribution in [1.29, 1.82) is 0 Å². The SMILES string of the molecule is CCNC(C)c1csc(N2CCC(C(C)C)C2)n1. The van der Waals surface area contributed by atoms with Crippen LogP contribution in [0.15, 0.2) is 5.38 Å². The van der Waals surface area contributed by atoms with Crippen LogP contribution >= 0.6 is 11.3 Å². The third kappa shape index (κ3) is 3.04. The van der Waals surface area contributed by atoms with Crippen molar-refractivity contribution in [3.63, 3.8) is 0 Å². The average molecular weight is 267 g/mol. The summed E-state index contributed by atoms with van der Waals surface area (Å²) < 4.78 is 0. The number of thiazole rings is 1. The molecule has 0 bridgehead atoms. The molecule has 1 aliphatic rings. The molecular weight excluding hydrogens is 242 g/mol. The normalized spacial score (nSPS) is 21.8. The van der Waals surface area contributed by atoms with Gasteiger partial charge in [0.1, 0.15) is 0 Å². The first-order valence-electron chi connectivity index (χ1n) is 7.05. The molecule has 1 fully saturated rings. The van der Waals surface area contributed by atoms with Crippen LogP contribution in [-0.2, 0) is 0 Å². The molecule has 1 aromatic heterocycles. The van der Waals surface area contributed by atoms with E-state index in [1.54, 1.807) is 11.3 Å². The molecule has 0 aromatic carbocycles. The Kier molecular flexibility index (Phi) is 4.62. The van der Waals surface area contributed by atoms with Crippen LogP contribution in [0.1, 0.15) is 45.9 Å². The van der Waals surface area contributed by atoms with Gasteiger partial charge in [-0.2, -0.15) is 0 Å². The monoisotopic (exact) mass is 267 g/mol. The fourth-order valence-electron chi connectivity index (χ4n) is 2.54. The van der Waals surface area contributed by atoms with Crippen molar-refractivity contribution < 1.29 is 0 Å². The average Bonchev–Trinajstić information content (AvgIpc) is 2.98. The van der Waals surface area contributed by atoms with Crippen molar-refractivity contribution in [2.24, 2.45) is 11.8 Å². The number of anilines is 1. The van der Waals surface area contributed by atoms with Crippen LogP contribution < -0.4 is 10.2 Å². The van der Waals surface area contributed by atoms with Crippen molar-refractivity contribution in [3.05, 3.63) is 11.1 Å². The number of rotatable bonds is 5. The lowest BCUT2D eigenvalue weighted by Crippen LogP contribution is -2.22. The standard InChI is InChI=1S/C14H25N3S/c1-5-15-11(4)13-9-18-14(16-13)17-7-6-12(8-17)10(2)3/h9-12,15H,5-8H2,1-4H3. The van der Waals surface area contributed by atoms with E-state index in [9.17, 15) is 0 Å². The maximum atomic E-state index is 4.79. The Balaban J connectivity index is 1.98. The van der Waals surface area contributed by atoms with Crippen molar-refractivity contribution in [1.82, 2.24) is 10.3 Å². The van der Waals surface area contributed by atoms with E-state index in [0.717, 1.165) is 18.4 Å². The van der Waals surface area contributed by atoms with E-state index in [1.807, 2.05) is 0 Å². The van der Waals surface area contributed by atoms with Gasteiger partial charge in [0.2, 0.25) is 0 Å². The molecule has 1 saturated heterocycles. The molecule has 18 heavy (non-hydrogen) atoms. The summed E-state index contributed by atoms with van der Waals surface area (Å²) in [6.45, 7) is 12.3. The molecule has 1 aromatic rings. The van der Waals surface area contributed by atoms with Crippen LogP contribution in [0.4, 0.5) is 5.13 Å². The van der Waals surface area contributed by atoms with Crippen molar-refractivity contribution in [3.8, 4) is 0 Å². The molecule has 0 saturated carbocycles. The molecule has 1 aliphatic heterocycles. The summed E-state index contributed by atoms with van der Waals surface area (Å²) >= 11 is 1.79. The van der Waals surface area contributed by atoms with E-state index in [0.29, 0.717) is 6.04 Å². The Morgan fingerprint density at radius 1 is 1.50 bits per heavy atom. The van der Waals surface area contributed by atoms with E-state index >= 15 is 0 Å². The fraction of sp³-hybridized carbons (Fsp3) is 0.786. The second-order valence-electron chi connectivity index (χ2n) is 5.57. The van der Waals surface area contributed by atoms with Gasteiger partial charge in [-0.15, -0.1) is 11.3 Å². The zero-order valence-corrected chi connectivity index (χ0v) is 12.8. The molecule has 4 heteroatoms. The predicted octanol–water partition coefficient (Wildman–Crippen LogP) is 3.30. The molecular formula is C14H25N3S. The second-order valence-corrected chi connectivity index (χ2v) is 6.41. The minimum Gasteiger partial charge on any atom is -0.348 e. The van der Waals surface area contributed by atoms with E-state index in [4.69, 9.17) is 4.98 Å². The van der Waals surface area contributed by atoms with Crippen LogP contribution in [0.3, 0.4) is 0 Å². The topological polar surface area (TPSA) is 28.2 Å². The first-order chi connectivity index (χ1) is 8.61. The number of nitrogens with zero attached hydrogens (tertiary/aromatic N) is 2. The Bertz CT molecular complexity index is 375. The highest BCUT2D eigenvalue weighted by molar-refractivity contribution is 7.13. The Hall–Kier alpha value is -0.610. The highest BCUT2D eigenvalue weighted by Crippen LogP contribution is 2.31. The number of nitrogens with one attached hydrogen (secondary N) is 1. The molecule has 2 heterocycles. The minimum atomic E-state index is 0.364. The quantitative estimate of drug-likeness (QED) is 0.887. The van der Waals surface area contributed by atoms with Crippen LogP contribution in [0.5, 0.6) is 0 Å². The molecule has 0 radical (unpaired) electrons. The molecule has 2 atom stereocenters. The highest BCUT2D eigenvalue weighted by atomic mass is 32.1. The molecule has 1 N–H and O–H groups in total. The van der Waals surface area contributed by atoms with Gasteiger partial charge < -0.3 is 10.2 Å². The maximum Gasteiger partial charge on any atom is 0.185 e. The predicted molar refractivity (Wildman–Crippen MR) is 79.4 cm³/mol. The summed E-state index contributed by atoms with van der Waals surface area (Å²) in [5.41, 5.74) is 1.19. The van der Waals surface area contributed by atoms with Gasteiger partial charge >= 0.3 is 0 Å². The summed E-state index contributed by atoms with van der Waals surface area (Å²) in [6, 6.07) is 0.364. The fourth-order valence-corrected chi connectivity index (χ4v) is 3.49. The smallest absolute Gasteiger partial charge is 0.185 e. The van der Waals surface area contributed by atoms with Gasteiger partial charge in [0.25, 0.3) is 0 Å². The molecule has 3 nitrogen and oxygen atoms in total. The molecule has 2 unspecified atom stereocenters. The van der Waals surface area contributed by atoms with Crippen LogP contribution in [0, 0.1) is 11.8 Å². The molecule has 0 spiro atoms. The van der Waals surface area contributed by atoms with E-state index < -0.39 is 0 Å². The molecule has 102 valence electrons. The Morgan fingerprint density at radius 2 is 2.28 bits per heavy atom. The van der Waals surface area contributed by atoms with Crippen LogP contribution in [0.25, 0.3) is 0 Å². The largest absolute Gasteiger partial charge is 0.348 e. The molecule has 0 amide bonds. The van der Waals surface area contributed by atoms with E-state index in [1.165, 1.54) is 30.3 Å². The van der Waals surface area contributed by atoms with Gasteiger partial charge in [0, 0.05) is 24.5 Å². The van der Waals surface area contributed by atoms with Gasteiger partial charge in [-0.1, -0.05) is 20.8 Å². The first kappa shape index (κ1) is 13.8. The van der Waals surface area contributed by atoms with Gasteiger partial charge in [-0.3, -0.25) is 0 Å². The zero-order valence-electron chi connectivity index (χ0n) is 11.9. The lowest BCUT2D eigenvalue weighted by Gasteiger charge is -2.17. The summed E-state index contributed by atoms with van der Waals surface area (Å²) in [4.78, 5) is 7.24. The first-order valence-corrected chi connectivity index (χ1v) is 7.93. The third-order valence-electron chi connectivity index (χ3n) is 3.90. The number of hydrogen-bond donors (Lipinski definition) is 1. The van der Waals surface area contributed by atoms with Crippen molar-refractivity contribution >= 4 is 16.5 Å². The number of aromatic nitrogens is 1. The van der Waals surface area contributed by atoms with E-state index in [-0.39, 0.29) is 0 Å². The highest BCUT2D eigenvalue weighted by Gasteiger charge is 2.26. The maximum absolute atomic E-state index is 4.79. The lowest BCUT2D eigenvalue weighted by atomic mass is 9.95. The lowest BCUT2D eigenvalue weighted by molar-refractivity contribution is 0.422. The summed E-state index contributed by atoms with van der Waals surface area (Å²) in [7, 11) is 0. The summed E-state index contributed by atoms with van der Waals surface area (Å²) in [5.74, 6) is 1.62. The summed E-state index contributed by atoms with van der Waals surface area (Å²) in [5, 5.41) is 6.82.